The third-order valence-electron chi connectivity index (χ3n) is 3.45. The number of rotatable bonds is 3. The molecule has 1 aromatic heterocycles. The second kappa shape index (κ2) is 5.51. The van der Waals surface area contributed by atoms with Crippen molar-refractivity contribution >= 4 is 29.1 Å². The van der Waals surface area contributed by atoms with Crippen LogP contribution in [0.4, 0.5) is 0 Å². The minimum atomic E-state index is -0.0493. The van der Waals surface area contributed by atoms with Gasteiger partial charge in [-0.1, -0.05) is 23.2 Å². The quantitative estimate of drug-likeness (QED) is 0.927. The third kappa shape index (κ3) is 2.51. The Hall–Kier alpha value is -0.710. The summed E-state index contributed by atoms with van der Waals surface area (Å²) in [6.45, 7) is 1.60. The molecule has 6 heteroatoms. The lowest BCUT2D eigenvalue weighted by atomic mass is 10.1. The fraction of sp³-hybridized carbons (Fsp3) is 0.583. The van der Waals surface area contributed by atoms with Crippen LogP contribution in [0.3, 0.4) is 0 Å². The fourth-order valence-electron chi connectivity index (χ4n) is 2.34. The molecule has 0 aliphatic carbocycles. The van der Waals surface area contributed by atoms with E-state index in [-0.39, 0.29) is 12.5 Å². The first-order valence-corrected chi connectivity index (χ1v) is 6.71. The average Bonchev–Trinajstić information content (AvgIpc) is 2.90. The van der Waals surface area contributed by atoms with Crippen molar-refractivity contribution < 1.29 is 9.90 Å². The highest BCUT2D eigenvalue weighted by atomic mass is 35.5. The van der Waals surface area contributed by atoms with Gasteiger partial charge in [0.25, 0.3) is 5.91 Å². The Kier molecular flexibility index (Phi) is 4.20. The molecule has 1 aliphatic heterocycles. The molecule has 18 heavy (non-hydrogen) atoms. The van der Waals surface area contributed by atoms with Gasteiger partial charge in [0, 0.05) is 26.7 Å². The first-order valence-electron chi connectivity index (χ1n) is 5.95. The van der Waals surface area contributed by atoms with Gasteiger partial charge < -0.3 is 14.6 Å². The Morgan fingerprint density at radius 2 is 2.28 bits per heavy atom. The topological polar surface area (TPSA) is 45.5 Å². The summed E-state index contributed by atoms with van der Waals surface area (Å²) in [6.07, 6.45) is 1.69. The summed E-state index contributed by atoms with van der Waals surface area (Å²) < 4.78 is 1.60. The first kappa shape index (κ1) is 13.7. The van der Waals surface area contributed by atoms with Crippen molar-refractivity contribution in [3.63, 3.8) is 0 Å². The molecule has 1 amide bonds. The van der Waals surface area contributed by atoms with Gasteiger partial charge in [-0.2, -0.15) is 0 Å². The fourth-order valence-corrected chi connectivity index (χ4v) is 2.72. The zero-order valence-corrected chi connectivity index (χ0v) is 11.7. The number of nitrogens with zero attached hydrogens (tertiary/aromatic N) is 2. The van der Waals surface area contributed by atoms with Crippen molar-refractivity contribution in [2.24, 2.45) is 13.0 Å². The van der Waals surface area contributed by atoms with E-state index in [1.54, 1.807) is 22.6 Å². The maximum absolute atomic E-state index is 12.3. The van der Waals surface area contributed by atoms with Crippen LogP contribution in [0.25, 0.3) is 0 Å². The second-order valence-corrected chi connectivity index (χ2v) is 5.41. The van der Waals surface area contributed by atoms with Crippen molar-refractivity contribution in [2.45, 2.75) is 12.8 Å². The van der Waals surface area contributed by atoms with Crippen LogP contribution in [0, 0.1) is 5.92 Å². The summed E-state index contributed by atoms with van der Waals surface area (Å²) in [5.41, 5.74) is 0.509. The molecule has 0 bridgehead atoms. The number of aromatic nitrogens is 1. The monoisotopic (exact) mass is 290 g/mol. The predicted molar refractivity (Wildman–Crippen MR) is 71.1 cm³/mol. The van der Waals surface area contributed by atoms with E-state index in [1.165, 1.54) is 0 Å². The van der Waals surface area contributed by atoms with Gasteiger partial charge in [0.1, 0.15) is 10.8 Å². The molecule has 1 atom stereocenters. The van der Waals surface area contributed by atoms with Crippen molar-refractivity contribution in [2.75, 3.05) is 19.7 Å². The summed E-state index contributed by atoms with van der Waals surface area (Å²) in [6, 6.07) is 1.60. The molecule has 1 aliphatic rings. The van der Waals surface area contributed by atoms with E-state index in [4.69, 9.17) is 28.3 Å². The van der Waals surface area contributed by atoms with E-state index in [0.29, 0.717) is 28.3 Å². The Labute approximate surface area is 116 Å². The molecule has 2 rings (SSSR count). The van der Waals surface area contributed by atoms with E-state index in [9.17, 15) is 4.79 Å². The Morgan fingerprint density at radius 1 is 1.56 bits per heavy atom. The molecule has 0 saturated carbocycles. The van der Waals surface area contributed by atoms with Gasteiger partial charge >= 0.3 is 0 Å². The molecule has 2 heterocycles. The van der Waals surface area contributed by atoms with E-state index in [1.807, 2.05) is 0 Å². The lowest BCUT2D eigenvalue weighted by molar-refractivity contribution is 0.0775. The summed E-state index contributed by atoms with van der Waals surface area (Å²) in [7, 11) is 1.72. The molecule has 0 radical (unpaired) electrons. The van der Waals surface area contributed by atoms with E-state index in [0.717, 1.165) is 19.4 Å². The lowest BCUT2D eigenvalue weighted by Gasteiger charge is -2.16. The van der Waals surface area contributed by atoms with Crippen LogP contribution in [0.2, 0.25) is 10.2 Å². The van der Waals surface area contributed by atoms with Crippen LogP contribution < -0.4 is 0 Å². The van der Waals surface area contributed by atoms with Crippen LogP contribution >= 0.6 is 23.2 Å². The highest BCUT2D eigenvalue weighted by Gasteiger charge is 2.28. The van der Waals surface area contributed by atoms with E-state index in [2.05, 4.69) is 0 Å². The summed E-state index contributed by atoms with van der Waals surface area (Å²) >= 11 is 11.9. The minimum Gasteiger partial charge on any atom is -0.396 e. The molecule has 4 nitrogen and oxygen atoms in total. The van der Waals surface area contributed by atoms with Crippen molar-refractivity contribution in [3.05, 3.63) is 21.9 Å². The zero-order valence-electron chi connectivity index (χ0n) is 10.2. The molecule has 0 aromatic carbocycles. The number of aliphatic hydroxyl groups is 1. The van der Waals surface area contributed by atoms with Gasteiger partial charge in [0.2, 0.25) is 0 Å². The van der Waals surface area contributed by atoms with Crippen molar-refractivity contribution in [1.29, 1.82) is 0 Å². The lowest BCUT2D eigenvalue weighted by Crippen LogP contribution is -2.30. The molecule has 1 aromatic rings. The number of amides is 1. The van der Waals surface area contributed by atoms with Crippen LogP contribution in [0.1, 0.15) is 23.3 Å². The largest absolute Gasteiger partial charge is 0.396 e. The Morgan fingerprint density at radius 3 is 2.83 bits per heavy atom. The highest BCUT2D eigenvalue weighted by molar-refractivity contribution is 6.41. The summed E-state index contributed by atoms with van der Waals surface area (Å²) in [4.78, 5) is 14.1. The maximum atomic E-state index is 12.3. The van der Waals surface area contributed by atoms with Crippen LogP contribution in [-0.4, -0.2) is 40.2 Å². The average molecular weight is 291 g/mol. The molecule has 100 valence electrons. The summed E-state index contributed by atoms with van der Waals surface area (Å²) in [5, 5.41) is 9.69. The number of halogens is 2. The zero-order chi connectivity index (χ0) is 13.3. The number of likely N-dealkylation sites (tertiary alicyclic amines) is 1. The van der Waals surface area contributed by atoms with Crippen molar-refractivity contribution in [3.8, 4) is 0 Å². The molecular weight excluding hydrogens is 275 g/mol. The van der Waals surface area contributed by atoms with E-state index < -0.39 is 0 Å². The van der Waals surface area contributed by atoms with Crippen LogP contribution in [0.5, 0.6) is 0 Å². The molecular formula is C12H16Cl2N2O2. The van der Waals surface area contributed by atoms with Crippen LogP contribution in [0.15, 0.2) is 6.07 Å². The summed E-state index contributed by atoms with van der Waals surface area (Å²) in [5.74, 6) is 0.344. The molecule has 1 unspecified atom stereocenters. The Bertz CT molecular complexity index is 459. The predicted octanol–water partition coefficient (Wildman–Crippen LogP) is 2.18. The number of hydrogen-bond acceptors (Lipinski definition) is 2. The normalized spacial score (nSPS) is 19.6. The smallest absolute Gasteiger partial charge is 0.270 e. The molecule has 1 fully saturated rings. The van der Waals surface area contributed by atoms with Gasteiger partial charge in [-0.05, 0) is 24.8 Å². The number of aliphatic hydroxyl groups excluding tert-OH is 1. The standard InChI is InChI=1S/C12H16Cl2N2O2/c1-15-10(6-9(13)11(15)14)12(18)16-4-2-8(7-16)3-5-17/h6,8,17H,2-5,7H2,1H3. The number of hydrogen-bond donors (Lipinski definition) is 1. The Balaban J connectivity index is 2.10. The van der Waals surface area contributed by atoms with Gasteiger partial charge in [0.05, 0.1) is 5.02 Å². The molecule has 1 N–H and O–H groups in total. The van der Waals surface area contributed by atoms with E-state index >= 15 is 0 Å². The van der Waals surface area contributed by atoms with Gasteiger partial charge in [-0.15, -0.1) is 0 Å². The SMILES string of the molecule is Cn1c(C(=O)N2CCC(CCO)C2)cc(Cl)c1Cl. The van der Waals surface area contributed by atoms with Gasteiger partial charge in [-0.25, -0.2) is 0 Å². The van der Waals surface area contributed by atoms with Crippen molar-refractivity contribution in [1.82, 2.24) is 9.47 Å². The van der Waals surface area contributed by atoms with Gasteiger partial charge in [0.15, 0.2) is 0 Å². The highest BCUT2D eigenvalue weighted by Crippen LogP contribution is 2.27. The minimum absolute atomic E-state index is 0.0493. The van der Waals surface area contributed by atoms with Gasteiger partial charge in [-0.3, -0.25) is 4.79 Å². The maximum Gasteiger partial charge on any atom is 0.270 e. The number of carbonyl (C=O) groups excluding carboxylic acids is 1. The van der Waals surface area contributed by atoms with Crippen LogP contribution in [-0.2, 0) is 7.05 Å². The molecule has 0 spiro atoms. The second-order valence-electron chi connectivity index (χ2n) is 4.65. The molecule has 1 saturated heterocycles. The first-order chi connectivity index (χ1) is 8.54. The third-order valence-corrected chi connectivity index (χ3v) is 4.29. The number of carbonyl (C=O) groups is 1.